The summed E-state index contributed by atoms with van der Waals surface area (Å²) in [5.74, 6) is 0.664. The van der Waals surface area contributed by atoms with Crippen LogP contribution >= 0.6 is 0 Å². The van der Waals surface area contributed by atoms with Crippen LogP contribution < -0.4 is 10.1 Å². The predicted octanol–water partition coefficient (Wildman–Crippen LogP) is 5.06. The van der Waals surface area contributed by atoms with Gasteiger partial charge in [0.1, 0.15) is 5.75 Å². The van der Waals surface area contributed by atoms with Gasteiger partial charge in [-0.25, -0.2) is 0 Å². The molecule has 0 radical (unpaired) electrons. The number of aryl methyl sites for hydroxylation is 2. The highest BCUT2D eigenvalue weighted by molar-refractivity contribution is 6.04. The number of rotatable bonds is 8. The van der Waals surface area contributed by atoms with Crippen molar-refractivity contribution in [2.45, 2.75) is 40.0 Å². The van der Waals surface area contributed by atoms with E-state index < -0.39 is 0 Å². The number of benzene rings is 2. The lowest BCUT2D eigenvalue weighted by Crippen LogP contribution is -2.11. The highest BCUT2D eigenvalue weighted by atomic mass is 16.5. The van der Waals surface area contributed by atoms with E-state index in [4.69, 9.17) is 4.74 Å². The highest BCUT2D eigenvalue weighted by Crippen LogP contribution is 2.19. The first-order chi connectivity index (χ1) is 14.0. The maximum atomic E-state index is 12.5. The van der Waals surface area contributed by atoms with Crippen molar-refractivity contribution in [3.05, 3.63) is 76.6 Å². The Kier molecular flexibility index (Phi) is 6.70. The third-order valence-corrected chi connectivity index (χ3v) is 5.13. The van der Waals surface area contributed by atoms with E-state index in [1.54, 1.807) is 12.1 Å². The standard InChI is InChI=1S/C24H29N3O2/c1-5-6-15-29-22-13-9-20(10-14-22)24(28)25-21-11-7-19(8-12-21)16-23-17(2)26-27(4)18(23)3/h7-14H,5-6,15-16H2,1-4H3,(H,25,28). The lowest BCUT2D eigenvalue weighted by molar-refractivity contribution is 0.102. The molecule has 1 aromatic heterocycles. The zero-order chi connectivity index (χ0) is 20.8. The maximum absolute atomic E-state index is 12.5. The quantitative estimate of drug-likeness (QED) is 0.546. The molecule has 3 rings (SSSR count). The van der Waals surface area contributed by atoms with Crippen LogP contribution in [0, 0.1) is 13.8 Å². The first-order valence-corrected chi connectivity index (χ1v) is 10.1. The van der Waals surface area contributed by atoms with E-state index in [0.29, 0.717) is 12.2 Å². The molecule has 5 nitrogen and oxygen atoms in total. The van der Waals surface area contributed by atoms with Gasteiger partial charge in [0, 0.05) is 36.0 Å². The number of anilines is 1. The summed E-state index contributed by atoms with van der Waals surface area (Å²) in [7, 11) is 1.97. The Balaban J connectivity index is 1.59. The number of amides is 1. The second kappa shape index (κ2) is 9.41. The molecule has 5 heteroatoms. The molecule has 1 N–H and O–H groups in total. The molecule has 29 heavy (non-hydrogen) atoms. The summed E-state index contributed by atoms with van der Waals surface area (Å²) in [5.41, 5.74) is 6.08. The minimum Gasteiger partial charge on any atom is -0.494 e. The Morgan fingerprint density at radius 1 is 1.07 bits per heavy atom. The van der Waals surface area contributed by atoms with Gasteiger partial charge in [-0.1, -0.05) is 25.5 Å². The summed E-state index contributed by atoms with van der Waals surface area (Å²) in [5, 5.41) is 7.43. The molecule has 0 aliphatic heterocycles. The Labute approximate surface area is 172 Å². The Morgan fingerprint density at radius 2 is 1.76 bits per heavy atom. The zero-order valence-electron chi connectivity index (χ0n) is 17.7. The van der Waals surface area contributed by atoms with Crippen LogP contribution in [0.3, 0.4) is 0 Å². The van der Waals surface area contributed by atoms with E-state index in [1.807, 2.05) is 55.1 Å². The molecule has 1 heterocycles. The number of ether oxygens (including phenoxy) is 1. The lowest BCUT2D eigenvalue weighted by atomic mass is 10.0. The summed E-state index contributed by atoms with van der Waals surface area (Å²) in [6.07, 6.45) is 2.96. The summed E-state index contributed by atoms with van der Waals surface area (Å²) in [4.78, 5) is 12.5. The van der Waals surface area contributed by atoms with Crippen LogP contribution in [0.2, 0.25) is 0 Å². The molecule has 0 spiro atoms. The third-order valence-electron chi connectivity index (χ3n) is 5.13. The van der Waals surface area contributed by atoms with Crippen LogP contribution in [0.4, 0.5) is 5.69 Å². The number of aromatic nitrogens is 2. The third kappa shape index (κ3) is 5.25. The average Bonchev–Trinajstić information content (AvgIpc) is 2.96. The second-order valence-corrected chi connectivity index (χ2v) is 7.33. The molecule has 0 fully saturated rings. The summed E-state index contributed by atoms with van der Waals surface area (Å²) >= 11 is 0. The van der Waals surface area contributed by atoms with Gasteiger partial charge in [-0.05, 0) is 62.2 Å². The van der Waals surface area contributed by atoms with Crippen LogP contribution in [0.5, 0.6) is 5.75 Å². The number of carbonyl (C=O) groups excluding carboxylic acids is 1. The number of unbranched alkanes of at least 4 members (excludes halogenated alkanes) is 1. The SMILES string of the molecule is CCCCOc1ccc(C(=O)Nc2ccc(Cc3c(C)nn(C)c3C)cc2)cc1. The van der Waals surface area contributed by atoms with Gasteiger partial charge in [0.05, 0.1) is 12.3 Å². The van der Waals surface area contributed by atoms with Crippen LogP contribution in [0.1, 0.15) is 52.6 Å². The van der Waals surface area contributed by atoms with Crippen molar-refractivity contribution in [2.24, 2.45) is 7.05 Å². The number of carbonyl (C=O) groups is 1. The zero-order valence-corrected chi connectivity index (χ0v) is 17.7. The van der Waals surface area contributed by atoms with Gasteiger partial charge in [0.15, 0.2) is 0 Å². The van der Waals surface area contributed by atoms with Crippen molar-refractivity contribution in [3.8, 4) is 5.75 Å². The van der Waals surface area contributed by atoms with Crippen LogP contribution in [0.15, 0.2) is 48.5 Å². The van der Waals surface area contributed by atoms with Gasteiger partial charge in [-0.3, -0.25) is 9.48 Å². The second-order valence-electron chi connectivity index (χ2n) is 7.33. The fourth-order valence-electron chi connectivity index (χ4n) is 3.22. The summed E-state index contributed by atoms with van der Waals surface area (Å²) in [6, 6.07) is 15.2. The smallest absolute Gasteiger partial charge is 0.255 e. The van der Waals surface area contributed by atoms with Crippen LogP contribution in [0.25, 0.3) is 0 Å². The maximum Gasteiger partial charge on any atom is 0.255 e. The van der Waals surface area contributed by atoms with Crippen molar-refractivity contribution in [1.82, 2.24) is 9.78 Å². The fraction of sp³-hybridized carbons (Fsp3) is 0.333. The molecule has 0 aliphatic carbocycles. The summed E-state index contributed by atoms with van der Waals surface area (Å²) < 4.78 is 7.56. The minimum absolute atomic E-state index is 0.128. The largest absolute Gasteiger partial charge is 0.494 e. The van der Waals surface area contributed by atoms with E-state index in [0.717, 1.165) is 36.4 Å². The molecule has 0 saturated carbocycles. The minimum atomic E-state index is -0.128. The predicted molar refractivity (Wildman–Crippen MR) is 117 cm³/mol. The molecule has 1 amide bonds. The molecule has 0 unspecified atom stereocenters. The topological polar surface area (TPSA) is 56.1 Å². The molecule has 0 atom stereocenters. The molecule has 0 saturated heterocycles. The molecule has 0 aliphatic rings. The molecule has 2 aromatic carbocycles. The lowest BCUT2D eigenvalue weighted by Gasteiger charge is -2.09. The van der Waals surface area contributed by atoms with Crippen molar-refractivity contribution in [1.29, 1.82) is 0 Å². The number of hydrogen-bond acceptors (Lipinski definition) is 3. The number of nitrogens with one attached hydrogen (secondary N) is 1. The number of nitrogens with zero attached hydrogens (tertiary/aromatic N) is 2. The van der Waals surface area contributed by atoms with Crippen molar-refractivity contribution in [2.75, 3.05) is 11.9 Å². The van der Waals surface area contributed by atoms with E-state index in [2.05, 4.69) is 24.3 Å². The van der Waals surface area contributed by atoms with Crippen molar-refractivity contribution in [3.63, 3.8) is 0 Å². The Hall–Kier alpha value is -3.08. The Bertz CT molecular complexity index is 957. The average molecular weight is 392 g/mol. The van der Waals surface area contributed by atoms with Crippen LogP contribution in [-0.4, -0.2) is 22.3 Å². The van der Waals surface area contributed by atoms with Gasteiger partial charge in [0.2, 0.25) is 0 Å². The first kappa shape index (κ1) is 20.6. The van der Waals surface area contributed by atoms with Gasteiger partial charge in [-0.2, -0.15) is 5.10 Å². The van der Waals surface area contributed by atoms with Gasteiger partial charge < -0.3 is 10.1 Å². The van der Waals surface area contributed by atoms with Crippen molar-refractivity contribution < 1.29 is 9.53 Å². The highest BCUT2D eigenvalue weighted by Gasteiger charge is 2.11. The normalized spacial score (nSPS) is 10.8. The monoisotopic (exact) mass is 391 g/mol. The van der Waals surface area contributed by atoms with Gasteiger partial charge in [0.25, 0.3) is 5.91 Å². The van der Waals surface area contributed by atoms with Crippen LogP contribution in [-0.2, 0) is 13.5 Å². The summed E-state index contributed by atoms with van der Waals surface area (Å²) in [6.45, 7) is 6.96. The van der Waals surface area contributed by atoms with Gasteiger partial charge in [-0.15, -0.1) is 0 Å². The van der Waals surface area contributed by atoms with E-state index in [1.165, 1.54) is 16.8 Å². The Morgan fingerprint density at radius 3 is 2.34 bits per heavy atom. The molecule has 3 aromatic rings. The number of hydrogen-bond donors (Lipinski definition) is 1. The molecule has 0 bridgehead atoms. The molecular weight excluding hydrogens is 362 g/mol. The van der Waals surface area contributed by atoms with E-state index in [-0.39, 0.29) is 5.91 Å². The van der Waals surface area contributed by atoms with E-state index in [9.17, 15) is 4.79 Å². The van der Waals surface area contributed by atoms with E-state index >= 15 is 0 Å². The van der Waals surface area contributed by atoms with Crippen molar-refractivity contribution >= 4 is 11.6 Å². The molecule has 152 valence electrons. The first-order valence-electron chi connectivity index (χ1n) is 10.1. The fourth-order valence-corrected chi connectivity index (χ4v) is 3.22. The van der Waals surface area contributed by atoms with Gasteiger partial charge >= 0.3 is 0 Å². The molecular formula is C24H29N3O2.